The van der Waals surface area contributed by atoms with Crippen LogP contribution < -0.4 is 5.32 Å². The fourth-order valence-corrected chi connectivity index (χ4v) is 0.400. The summed E-state index contributed by atoms with van der Waals surface area (Å²) < 4.78 is 41.7. The van der Waals surface area contributed by atoms with Crippen molar-refractivity contribution in [3.05, 3.63) is 18.9 Å². The normalized spacial score (nSPS) is 17.3. The summed E-state index contributed by atoms with van der Waals surface area (Å²) in [7, 11) is 0. The Morgan fingerprint density at radius 1 is 1.50 bits per heavy atom. The van der Waals surface area contributed by atoms with Crippen LogP contribution in [0.25, 0.3) is 0 Å². The Hall–Kier alpha value is -1.07. The second kappa shape index (κ2) is 2.28. The van der Waals surface area contributed by atoms with E-state index in [4.69, 9.17) is 0 Å². The number of alkyl halides is 3. The molecule has 1 rings (SSSR count). The Kier molecular flexibility index (Phi) is 1.60. The van der Waals surface area contributed by atoms with Gasteiger partial charge in [-0.15, -0.1) is 13.2 Å². The van der Waals surface area contributed by atoms with Crippen molar-refractivity contribution in [2.45, 2.75) is 6.36 Å². The molecule has 1 aliphatic rings. The zero-order valence-electron chi connectivity index (χ0n) is 4.61. The molecule has 0 saturated carbocycles. The number of halogens is 3. The van der Waals surface area contributed by atoms with E-state index in [-0.39, 0.29) is 0 Å². The lowest BCUT2D eigenvalue weighted by Crippen LogP contribution is -2.18. The van der Waals surface area contributed by atoms with Gasteiger partial charge in [-0.3, -0.25) is 0 Å². The SMILES string of the molecule is FC(F)(F)OC1=CO[CH]N1. The zero-order chi connectivity index (χ0) is 7.61. The lowest BCUT2D eigenvalue weighted by Gasteiger charge is -2.06. The van der Waals surface area contributed by atoms with Gasteiger partial charge >= 0.3 is 6.36 Å². The molecule has 10 heavy (non-hydrogen) atoms. The van der Waals surface area contributed by atoms with E-state index in [9.17, 15) is 13.2 Å². The summed E-state index contributed by atoms with van der Waals surface area (Å²) in [6.07, 6.45) is -3.85. The summed E-state index contributed by atoms with van der Waals surface area (Å²) in [5.41, 5.74) is 0. The highest BCUT2D eigenvalue weighted by Gasteiger charge is 2.33. The minimum Gasteiger partial charge on any atom is -0.467 e. The molecule has 0 aromatic rings. The van der Waals surface area contributed by atoms with Gasteiger partial charge in [0.25, 0.3) is 0 Å². The molecule has 1 radical (unpaired) electrons. The van der Waals surface area contributed by atoms with E-state index in [2.05, 4.69) is 14.8 Å². The number of ether oxygens (including phenoxy) is 2. The summed E-state index contributed by atoms with van der Waals surface area (Å²) >= 11 is 0. The van der Waals surface area contributed by atoms with Crippen LogP contribution in [-0.4, -0.2) is 6.36 Å². The maximum atomic E-state index is 11.3. The monoisotopic (exact) mass is 154 g/mol. The first-order valence-corrected chi connectivity index (χ1v) is 2.27. The van der Waals surface area contributed by atoms with Crippen molar-refractivity contribution < 1.29 is 22.6 Å². The largest absolute Gasteiger partial charge is 0.574 e. The topological polar surface area (TPSA) is 30.5 Å². The third-order valence-electron chi connectivity index (χ3n) is 0.670. The molecule has 57 valence electrons. The second-order valence-electron chi connectivity index (χ2n) is 1.43. The quantitative estimate of drug-likeness (QED) is 0.612. The minimum absolute atomic E-state index is 0.465. The van der Waals surface area contributed by atoms with Gasteiger partial charge in [-0.05, 0) is 0 Å². The predicted octanol–water partition coefficient (Wildman–Crippen LogP) is 1.06. The number of hydrogen-bond donors (Lipinski definition) is 1. The predicted molar refractivity (Wildman–Crippen MR) is 23.7 cm³/mol. The first-order valence-electron chi connectivity index (χ1n) is 2.27. The van der Waals surface area contributed by atoms with Gasteiger partial charge in [0.15, 0.2) is 0 Å². The molecule has 0 saturated heterocycles. The molecular weight excluding hydrogens is 151 g/mol. The number of hydrogen-bond acceptors (Lipinski definition) is 3. The average Bonchev–Trinajstić information content (AvgIpc) is 2.12. The van der Waals surface area contributed by atoms with Crippen LogP contribution in [-0.2, 0) is 9.47 Å². The van der Waals surface area contributed by atoms with Crippen LogP contribution >= 0.6 is 0 Å². The van der Waals surface area contributed by atoms with Crippen LogP contribution in [0.15, 0.2) is 12.1 Å². The molecule has 0 atom stereocenters. The van der Waals surface area contributed by atoms with Gasteiger partial charge in [0.2, 0.25) is 12.6 Å². The molecule has 3 nitrogen and oxygen atoms in total. The van der Waals surface area contributed by atoms with Gasteiger partial charge in [0.1, 0.15) is 6.26 Å². The summed E-state index contributed by atoms with van der Waals surface area (Å²) in [6, 6.07) is 0. The van der Waals surface area contributed by atoms with Crippen molar-refractivity contribution in [2.24, 2.45) is 0 Å². The maximum absolute atomic E-state index is 11.3. The smallest absolute Gasteiger partial charge is 0.467 e. The van der Waals surface area contributed by atoms with E-state index >= 15 is 0 Å². The van der Waals surface area contributed by atoms with Gasteiger partial charge < -0.3 is 14.8 Å². The summed E-state index contributed by atoms with van der Waals surface area (Å²) in [5, 5.41) is 2.08. The maximum Gasteiger partial charge on any atom is 0.574 e. The zero-order valence-corrected chi connectivity index (χ0v) is 4.61. The average molecular weight is 154 g/mol. The molecule has 1 aliphatic heterocycles. The Balaban J connectivity index is 2.38. The molecule has 0 fully saturated rings. The molecule has 0 bridgehead atoms. The molecular formula is C4H3F3NO2. The van der Waals surface area contributed by atoms with E-state index < -0.39 is 12.2 Å². The Labute approximate surface area is 54.4 Å². The van der Waals surface area contributed by atoms with Gasteiger partial charge in [0, 0.05) is 0 Å². The van der Waals surface area contributed by atoms with E-state index in [1.54, 1.807) is 0 Å². The Morgan fingerprint density at radius 3 is 2.60 bits per heavy atom. The molecule has 1 N–H and O–H groups in total. The molecule has 6 heteroatoms. The van der Waals surface area contributed by atoms with Crippen LogP contribution in [0.2, 0.25) is 0 Å². The molecule has 0 unspecified atom stereocenters. The van der Waals surface area contributed by atoms with Gasteiger partial charge in [0.05, 0.1) is 0 Å². The summed E-state index contributed by atoms with van der Waals surface area (Å²) in [5.74, 6) is -0.465. The highest BCUT2D eigenvalue weighted by molar-refractivity contribution is 4.92. The van der Waals surface area contributed by atoms with Crippen LogP contribution in [0, 0.1) is 6.73 Å². The highest BCUT2D eigenvalue weighted by Crippen LogP contribution is 2.20. The Bertz CT molecular complexity index is 153. The van der Waals surface area contributed by atoms with Crippen molar-refractivity contribution in [1.29, 1.82) is 0 Å². The van der Waals surface area contributed by atoms with E-state index in [1.165, 1.54) is 0 Å². The molecule has 0 aliphatic carbocycles. The van der Waals surface area contributed by atoms with Gasteiger partial charge in [-0.25, -0.2) is 0 Å². The first-order chi connectivity index (χ1) is 4.58. The van der Waals surface area contributed by atoms with Gasteiger partial charge in [-0.2, -0.15) is 0 Å². The van der Waals surface area contributed by atoms with Crippen LogP contribution in [0.3, 0.4) is 0 Å². The molecule has 0 aromatic carbocycles. The molecule has 0 spiro atoms. The summed E-state index contributed by atoms with van der Waals surface area (Å²) in [6.45, 7) is 0.973. The van der Waals surface area contributed by atoms with Crippen molar-refractivity contribution in [3.63, 3.8) is 0 Å². The second-order valence-corrected chi connectivity index (χ2v) is 1.43. The van der Waals surface area contributed by atoms with Crippen molar-refractivity contribution >= 4 is 0 Å². The van der Waals surface area contributed by atoms with E-state index in [1.807, 2.05) is 0 Å². The van der Waals surface area contributed by atoms with Crippen LogP contribution in [0.5, 0.6) is 0 Å². The molecule has 0 amide bonds. The number of rotatable bonds is 1. The lowest BCUT2D eigenvalue weighted by atomic mass is 10.9. The van der Waals surface area contributed by atoms with Crippen molar-refractivity contribution in [1.82, 2.24) is 5.32 Å². The molecule has 1 heterocycles. The van der Waals surface area contributed by atoms with Gasteiger partial charge in [-0.1, -0.05) is 0 Å². The highest BCUT2D eigenvalue weighted by atomic mass is 19.4. The van der Waals surface area contributed by atoms with Crippen LogP contribution in [0.1, 0.15) is 0 Å². The lowest BCUT2D eigenvalue weighted by molar-refractivity contribution is -0.307. The van der Waals surface area contributed by atoms with Crippen molar-refractivity contribution in [3.8, 4) is 0 Å². The Morgan fingerprint density at radius 2 is 2.20 bits per heavy atom. The first kappa shape index (κ1) is 7.04. The third kappa shape index (κ3) is 2.04. The molecule has 0 aromatic heterocycles. The summed E-state index contributed by atoms with van der Waals surface area (Å²) in [4.78, 5) is 0. The van der Waals surface area contributed by atoms with Crippen LogP contribution in [0.4, 0.5) is 13.2 Å². The number of nitrogens with one attached hydrogen (secondary N) is 1. The van der Waals surface area contributed by atoms with E-state index in [0.29, 0.717) is 0 Å². The van der Waals surface area contributed by atoms with E-state index in [0.717, 1.165) is 13.0 Å². The van der Waals surface area contributed by atoms with Crippen molar-refractivity contribution in [2.75, 3.05) is 0 Å². The third-order valence-corrected chi connectivity index (χ3v) is 0.670. The minimum atomic E-state index is -4.67. The fourth-order valence-electron chi connectivity index (χ4n) is 0.400. The standard InChI is InChI=1S/C4H3F3NO2/c5-4(6,7)10-3-1-9-2-8-3/h1-2,8H. The fraction of sp³-hybridized carbons (Fsp3) is 0.250.